The van der Waals surface area contributed by atoms with Crippen LogP contribution in [0, 0.1) is 0 Å². The third-order valence-corrected chi connectivity index (χ3v) is 5.61. The van der Waals surface area contributed by atoms with Crippen LogP contribution in [0.25, 0.3) is 10.2 Å². The maximum atomic E-state index is 12.1. The molecule has 0 aliphatic rings. The van der Waals surface area contributed by atoms with E-state index in [1.165, 1.54) is 11.3 Å². The Bertz CT molecular complexity index is 654. The number of pyridine rings is 1. The van der Waals surface area contributed by atoms with Gasteiger partial charge in [-0.3, -0.25) is 9.00 Å². The lowest BCUT2D eigenvalue weighted by molar-refractivity contribution is 0.0958. The Hall–Kier alpha value is -1.47. The van der Waals surface area contributed by atoms with Gasteiger partial charge >= 0.3 is 0 Å². The van der Waals surface area contributed by atoms with Crippen LogP contribution in [-0.2, 0) is 10.8 Å². The first-order chi connectivity index (χ1) is 9.50. The number of hydrogen-bond acceptors (Lipinski definition) is 5. The van der Waals surface area contributed by atoms with Gasteiger partial charge in [0, 0.05) is 40.4 Å². The van der Waals surface area contributed by atoms with Crippen LogP contribution in [0.5, 0.6) is 0 Å². The number of anilines is 1. The molecule has 2 heterocycles. The van der Waals surface area contributed by atoms with Crippen molar-refractivity contribution in [2.24, 2.45) is 0 Å². The van der Waals surface area contributed by atoms with Gasteiger partial charge in [-0.25, -0.2) is 4.98 Å². The van der Waals surface area contributed by atoms with Crippen molar-refractivity contribution in [3.8, 4) is 0 Å². The van der Waals surface area contributed by atoms with Gasteiger partial charge in [0.15, 0.2) is 0 Å². The minimum atomic E-state index is -0.870. The molecule has 0 saturated carbocycles. The number of nitrogens with two attached hydrogens (primary N) is 1. The Labute approximate surface area is 124 Å². The van der Waals surface area contributed by atoms with E-state index in [1.54, 1.807) is 18.5 Å². The molecular weight excluding hydrogens is 294 g/mol. The Balaban J connectivity index is 2.04. The zero-order valence-electron chi connectivity index (χ0n) is 11.4. The summed E-state index contributed by atoms with van der Waals surface area (Å²) < 4.78 is 11.2. The molecule has 108 valence electrons. The van der Waals surface area contributed by atoms with Gasteiger partial charge < -0.3 is 11.1 Å². The van der Waals surface area contributed by atoms with E-state index in [1.807, 2.05) is 13.0 Å². The topological polar surface area (TPSA) is 85.1 Å². The van der Waals surface area contributed by atoms with Gasteiger partial charge in [-0.2, -0.15) is 0 Å². The number of fused-ring (bicyclic) bond motifs is 1. The quantitative estimate of drug-likeness (QED) is 0.881. The lowest BCUT2D eigenvalue weighted by Crippen LogP contribution is -2.27. The van der Waals surface area contributed by atoms with Crippen molar-refractivity contribution < 1.29 is 9.00 Å². The highest BCUT2D eigenvalue weighted by Crippen LogP contribution is 2.31. The average Bonchev–Trinajstić information content (AvgIpc) is 2.76. The number of rotatable bonds is 5. The molecule has 2 aromatic rings. The lowest BCUT2D eigenvalue weighted by Gasteiger charge is -2.08. The van der Waals surface area contributed by atoms with E-state index in [0.717, 1.165) is 10.2 Å². The largest absolute Gasteiger partial charge is 0.397 e. The average molecular weight is 311 g/mol. The highest BCUT2D eigenvalue weighted by molar-refractivity contribution is 7.84. The number of carbonyl (C=O) groups excluding carboxylic acids is 1. The van der Waals surface area contributed by atoms with Gasteiger partial charge in [-0.15, -0.1) is 11.3 Å². The van der Waals surface area contributed by atoms with Crippen LogP contribution in [0.15, 0.2) is 18.3 Å². The first-order valence-electron chi connectivity index (χ1n) is 6.24. The summed E-state index contributed by atoms with van der Waals surface area (Å²) in [6.45, 7) is 2.39. The van der Waals surface area contributed by atoms with E-state index < -0.39 is 10.8 Å². The zero-order chi connectivity index (χ0) is 14.7. The maximum absolute atomic E-state index is 12.1. The summed E-state index contributed by atoms with van der Waals surface area (Å²) in [4.78, 5) is 17.5. The van der Waals surface area contributed by atoms with Gasteiger partial charge in [-0.05, 0) is 18.6 Å². The number of carbonyl (C=O) groups is 1. The normalized spacial score (nSPS) is 14.1. The molecule has 7 heteroatoms. The second-order valence-corrected chi connectivity index (χ2v) is 7.36. The summed E-state index contributed by atoms with van der Waals surface area (Å²) in [7, 11) is -0.870. The number of nitrogen functional groups attached to an aromatic ring is 1. The number of nitrogens with one attached hydrogen (secondary N) is 1. The van der Waals surface area contributed by atoms with Crippen LogP contribution in [0.3, 0.4) is 0 Å². The first-order valence-corrected chi connectivity index (χ1v) is 8.68. The molecule has 0 aliphatic carbocycles. The second kappa shape index (κ2) is 6.32. The number of hydrogen-bond donors (Lipinski definition) is 2. The number of aromatic nitrogens is 1. The Morgan fingerprint density at radius 1 is 1.60 bits per heavy atom. The fourth-order valence-corrected chi connectivity index (χ4v) is 3.18. The van der Waals surface area contributed by atoms with Crippen LogP contribution >= 0.6 is 11.3 Å². The summed E-state index contributed by atoms with van der Waals surface area (Å²) >= 11 is 1.29. The molecule has 2 unspecified atom stereocenters. The maximum Gasteiger partial charge on any atom is 0.263 e. The summed E-state index contributed by atoms with van der Waals surface area (Å²) in [6.07, 6.45) is 4.03. The monoisotopic (exact) mass is 311 g/mol. The predicted octanol–water partition coefficient (Wildman–Crippen LogP) is 1.77. The minimum Gasteiger partial charge on any atom is -0.397 e. The van der Waals surface area contributed by atoms with Crippen molar-refractivity contribution in [3.63, 3.8) is 0 Å². The Kier molecular flexibility index (Phi) is 4.72. The van der Waals surface area contributed by atoms with Crippen molar-refractivity contribution >= 4 is 43.9 Å². The molecule has 0 radical (unpaired) electrons. The van der Waals surface area contributed by atoms with Crippen molar-refractivity contribution in [1.29, 1.82) is 0 Å². The lowest BCUT2D eigenvalue weighted by atomic mass is 10.2. The number of amides is 1. The molecule has 0 spiro atoms. The molecular formula is C13H17N3O2S2. The molecule has 3 N–H and O–H groups in total. The van der Waals surface area contributed by atoms with Crippen LogP contribution in [0.1, 0.15) is 23.0 Å². The van der Waals surface area contributed by atoms with Gasteiger partial charge in [0.25, 0.3) is 5.91 Å². The first kappa shape index (κ1) is 14.9. The third-order valence-electron chi connectivity index (χ3n) is 3.11. The van der Waals surface area contributed by atoms with E-state index in [2.05, 4.69) is 10.3 Å². The molecule has 0 aromatic carbocycles. The van der Waals surface area contributed by atoms with Gasteiger partial charge in [0.2, 0.25) is 0 Å². The molecule has 1 amide bonds. The van der Waals surface area contributed by atoms with Crippen molar-refractivity contribution in [2.75, 3.05) is 18.5 Å². The molecule has 0 bridgehead atoms. The molecule has 2 aromatic heterocycles. The highest BCUT2D eigenvalue weighted by Gasteiger charge is 2.16. The summed E-state index contributed by atoms with van der Waals surface area (Å²) in [5.74, 6) is -0.195. The van der Waals surface area contributed by atoms with Crippen LogP contribution in [0.4, 0.5) is 5.69 Å². The molecule has 5 nitrogen and oxygen atoms in total. The standard InChI is InChI=1S/C13H17N3O2S2/c1-8(20(2)18)5-7-15-12(17)11-10(14)9-4-3-6-16-13(9)19-11/h3-4,6,8H,5,7,14H2,1-2H3,(H,15,17). The Morgan fingerprint density at radius 3 is 3.00 bits per heavy atom. The van der Waals surface area contributed by atoms with Crippen LogP contribution in [0.2, 0.25) is 0 Å². The number of nitrogens with zero attached hydrogens (tertiary/aromatic N) is 1. The smallest absolute Gasteiger partial charge is 0.263 e. The fraction of sp³-hybridized carbons (Fsp3) is 0.385. The van der Waals surface area contributed by atoms with Crippen molar-refractivity contribution in [3.05, 3.63) is 23.2 Å². The van der Waals surface area contributed by atoms with E-state index >= 15 is 0 Å². The fourth-order valence-electron chi connectivity index (χ4n) is 1.75. The molecule has 2 atom stereocenters. The van der Waals surface area contributed by atoms with Crippen molar-refractivity contribution in [1.82, 2.24) is 10.3 Å². The molecule has 0 saturated heterocycles. The van der Waals surface area contributed by atoms with E-state index in [4.69, 9.17) is 5.73 Å². The highest BCUT2D eigenvalue weighted by atomic mass is 32.2. The second-order valence-electron chi connectivity index (χ2n) is 4.55. The van der Waals surface area contributed by atoms with Gasteiger partial charge in [-0.1, -0.05) is 6.92 Å². The van der Waals surface area contributed by atoms with Gasteiger partial charge in [0.05, 0.1) is 5.69 Å². The van der Waals surface area contributed by atoms with Gasteiger partial charge in [0.1, 0.15) is 9.71 Å². The summed E-state index contributed by atoms with van der Waals surface area (Å²) in [5, 5.41) is 3.69. The summed E-state index contributed by atoms with van der Waals surface area (Å²) in [5.41, 5.74) is 6.46. The minimum absolute atomic E-state index is 0.0664. The predicted molar refractivity (Wildman–Crippen MR) is 84.5 cm³/mol. The van der Waals surface area contributed by atoms with Crippen LogP contribution < -0.4 is 11.1 Å². The SMILES string of the molecule is CC(CCNC(=O)c1sc2ncccc2c1N)S(C)=O. The molecule has 0 fully saturated rings. The Morgan fingerprint density at radius 2 is 2.35 bits per heavy atom. The molecule has 20 heavy (non-hydrogen) atoms. The molecule has 0 aliphatic heterocycles. The molecule has 2 rings (SSSR count). The summed E-state index contributed by atoms with van der Waals surface area (Å²) in [6, 6.07) is 3.65. The van der Waals surface area contributed by atoms with Crippen LogP contribution in [-0.4, -0.2) is 33.2 Å². The van der Waals surface area contributed by atoms with E-state index in [-0.39, 0.29) is 11.2 Å². The van der Waals surface area contributed by atoms with Crippen molar-refractivity contribution in [2.45, 2.75) is 18.6 Å². The van der Waals surface area contributed by atoms with E-state index in [9.17, 15) is 9.00 Å². The number of thiophene rings is 1. The third kappa shape index (κ3) is 3.16. The van der Waals surface area contributed by atoms with E-state index in [0.29, 0.717) is 23.5 Å². The zero-order valence-corrected chi connectivity index (χ0v) is 13.0.